The first-order valence-corrected chi connectivity index (χ1v) is 12.7. The van der Waals surface area contributed by atoms with E-state index in [0.717, 1.165) is 21.5 Å². The van der Waals surface area contributed by atoms with Gasteiger partial charge in [-0.05, 0) is 52.9 Å². The number of amides is 1. The smallest absolute Gasteiger partial charge is 0.300 e. The fraction of sp³-hybridized carbons (Fsp3) is 0.0909. The van der Waals surface area contributed by atoms with Gasteiger partial charge in [0.25, 0.3) is 11.7 Å². The van der Waals surface area contributed by atoms with Gasteiger partial charge in [-0.2, -0.15) is 0 Å². The molecule has 1 fully saturated rings. The molecule has 6 heteroatoms. The highest BCUT2D eigenvalue weighted by Gasteiger charge is 2.47. The van der Waals surface area contributed by atoms with E-state index in [0.29, 0.717) is 23.4 Å². The second-order valence-corrected chi connectivity index (χ2v) is 9.39. The van der Waals surface area contributed by atoms with E-state index in [1.54, 1.807) is 37.3 Å². The number of rotatable bonds is 5. The number of ether oxygens (including phenoxy) is 1. The highest BCUT2D eigenvalue weighted by molar-refractivity contribution is 6.52. The fourth-order valence-corrected chi connectivity index (χ4v) is 5.28. The van der Waals surface area contributed by atoms with Crippen LogP contribution in [-0.2, 0) is 9.59 Å². The molecule has 6 rings (SSSR count). The number of anilines is 1. The van der Waals surface area contributed by atoms with Crippen molar-refractivity contribution in [3.05, 3.63) is 120 Å². The van der Waals surface area contributed by atoms with Crippen LogP contribution in [0, 0.1) is 0 Å². The van der Waals surface area contributed by atoms with Gasteiger partial charge in [0.1, 0.15) is 5.76 Å². The topological polar surface area (TPSA) is 87.1 Å². The number of nitrogens with zero attached hydrogens (tertiary/aromatic N) is 1. The van der Waals surface area contributed by atoms with Gasteiger partial charge in [0.05, 0.1) is 23.9 Å². The van der Waals surface area contributed by atoms with Gasteiger partial charge in [0.15, 0.2) is 11.5 Å². The zero-order chi connectivity index (χ0) is 27.1. The summed E-state index contributed by atoms with van der Waals surface area (Å²) >= 11 is 0. The molecule has 1 heterocycles. The third kappa shape index (κ3) is 4.07. The lowest BCUT2D eigenvalue weighted by atomic mass is 9.94. The predicted octanol–water partition coefficient (Wildman–Crippen LogP) is 6.72. The second-order valence-electron chi connectivity index (χ2n) is 9.39. The average Bonchev–Trinajstić information content (AvgIpc) is 3.23. The molecule has 6 nitrogen and oxygen atoms in total. The number of benzene rings is 5. The molecule has 192 valence electrons. The Morgan fingerprint density at radius 2 is 1.54 bits per heavy atom. The van der Waals surface area contributed by atoms with Crippen LogP contribution in [0.1, 0.15) is 24.1 Å². The molecule has 0 bridgehead atoms. The maximum atomic E-state index is 13.7. The molecule has 1 aliphatic heterocycles. The highest BCUT2D eigenvalue weighted by atomic mass is 16.5. The van der Waals surface area contributed by atoms with Crippen molar-refractivity contribution in [1.29, 1.82) is 0 Å². The van der Waals surface area contributed by atoms with E-state index in [2.05, 4.69) is 0 Å². The average molecular weight is 516 g/mol. The number of Topliss-reactive ketones (excluding diaryl/α,β-unsaturated/α-hetero) is 1. The summed E-state index contributed by atoms with van der Waals surface area (Å²) in [5.74, 6) is -1.63. The lowest BCUT2D eigenvalue weighted by Gasteiger charge is -2.27. The molecule has 5 aromatic carbocycles. The van der Waals surface area contributed by atoms with Crippen LogP contribution in [0.4, 0.5) is 5.69 Å². The van der Waals surface area contributed by atoms with E-state index in [-0.39, 0.29) is 22.8 Å². The minimum Gasteiger partial charge on any atom is -0.507 e. The molecule has 0 saturated carbocycles. The van der Waals surface area contributed by atoms with E-state index in [1.165, 1.54) is 11.0 Å². The van der Waals surface area contributed by atoms with Gasteiger partial charge in [-0.25, -0.2) is 0 Å². The van der Waals surface area contributed by atoms with E-state index in [4.69, 9.17) is 4.74 Å². The number of carbonyl (C=O) groups excluding carboxylic acids is 2. The maximum absolute atomic E-state index is 13.7. The van der Waals surface area contributed by atoms with E-state index < -0.39 is 17.7 Å². The minimum absolute atomic E-state index is 0.0312. The zero-order valence-corrected chi connectivity index (χ0v) is 21.2. The van der Waals surface area contributed by atoms with Gasteiger partial charge in [-0.3, -0.25) is 14.5 Å². The Morgan fingerprint density at radius 1 is 0.821 bits per heavy atom. The Morgan fingerprint density at radius 3 is 2.33 bits per heavy atom. The summed E-state index contributed by atoms with van der Waals surface area (Å²) in [4.78, 5) is 28.8. The predicted molar refractivity (Wildman–Crippen MR) is 152 cm³/mol. The summed E-state index contributed by atoms with van der Waals surface area (Å²) in [6.07, 6.45) is 0. The van der Waals surface area contributed by atoms with E-state index in [9.17, 15) is 19.8 Å². The van der Waals surface area contributed by atoms with Crippen molar-refractivity contribution in [1.82, 2.24) is 0 Å². The van der Waals surface area contributed by atoms with Crippen molar-refractivity contribution in [3.8, 4) is 11.5 Å². The number of phenolic OH excluding ortho intramolecular Hbond substituents is 1. The van der Waals surface area contributed by atoms with Crippen LogP contribution in [0.5, 0.6) is 11.5 Å². The van der Waals surface area contributed by atoms with Gasteiger partial charge in [0.2, 0.25) is 0 Å². The number of aliphatic hydroxyl groups excluding tert-OH is 1. The largest absolute Gasteiger partial charge is 0.507 e. The molecule has 1 aliphatic rings. The number of aromatic hydroxyl groups is 1. The maximum Gasteiger partial charge on any atom is 0.300 e. The van der Waals surface area contributed by atoms with Gasteiger partial charge >= 0.3 is 0 Å². The Balaban J connectivity index is 1.61. The molecule has 5 aromatic rings. The van der Waals surface area contributed by atoms with Gasteiger partial charge in [0, 0.05) is 10.9 Å². The standard InChI is InChI=1S/C33H25NO5/c1-2-39-28-19-23(16-17-27(28)35)30-29(31(36)24-15-14-20-8-3-4-10-22(20)18-24)32(37)33(38)34(30)26-13-7-11-21-9-5-6-12-25(21)26/h3-19,30,35-36H,2H2,1H3/b31-29+. The first-order valence-electron chi connectivity index (χ1n) is 12.7. The monoisotopic (exact) mass is 515 g/mol. The van der Waals surface area contributed by atoms with Gasteiger partial charge in [-0.1, -0.05) is 78.9 Å². The molecule has 39 heavy (non-hydrogen) atoms. The van der Waals surface area contributed by atoms with E-state index in [1.807, 2.05) is 66.7 Å². The fourth-order valence-electron chi connectivity index (χ4n) is 5.28. The Bertz CT molecular complexity index is 1800. The van der Waals surface area contributed by atoms with Crippen LogP contribution in [0.3, 0.4) is 0 Å². The molecule has 1 atom stereocenters. The first kappa shape index (κ1) is 24.2. The number of ketones is 1. The molecule has 0 aromatic heterocycles. The van der Waals surface area contributed by atoms with Crippen molar-refractivity contribution in [3.63, 3.8) is 0 Å². The molecular formula is C33H25NO5. The van der Waals surface area contributed by atoms with Crippen LogP contribution in [-0.4, -0.2) is 28.5 Å². The van der Waals surface area contributed by atoms with Crippen molar-refractivity contribution in [2.24, 2.45) is 0 Å². The van der Waals surface area contributed by atoms with Crippen LogP contribution in [0.15, 0.2) is 109 Å². The minimum atomic E-state index is -0.956. The van der Waals surface area contributed by atoms with Gasteiger partial charge in [-0.15, -0.1) is 0 Å². The lowest BCUT2D eigenvalue weighted by Crippen LogP contribution is -2.29. The third-order valence-electron chi connectivity index (χ3n) is 7.09. The van der Waals surface area contributed by atoms with Crippen molar-refractivity contribution < 1.29 is 24.5 Å². The van der Waals surface area contributed by atoms with Crippen LogP contribution in [0.25, 0.3) is 27.3 Å². The van der Waals surface area contributed by atoms with Crippen LogP contribution in [0.2, 0.25) is 0 Å². The first-order chi connectivity index (χ1) is 19.0. The van der Waals surface area contributed by atoms with Crippen LogP contribution >= 0.6 is 0 Å². The normalized spacial score (nSPS) is 16.7. The summed E-state index contributed by atoms with van der Waals surface area (Å²) in [7, 11) is 0. The number of hydrogen-bond acceptors (Lipinski definition) is 5. The van der Waals surface area contributed by atoms with Gasteiger partial charge < -0.3 is 14.9 Å². The number of carbonyl (C=O) groups is 2. The van der Waals surface area contributed by atoms with Crippen molar-refractivity contribution >= 4 is 44.7 Å². The zero-order valence-electron chi connectivity index (χ0n) is 21.2. The number of aliphatic hydroxyl groups is 1. The summed E-state index contributed by atoms with van der Waals surface area (Å²) in [5, 5.41) is 25.5. The molecular weight excluding hydrogens is 490 g/mol. The number of hydrogen-bond donors (Lipinski definition) is 2. The molecule has 0 spiro atoms. The lowest BCUT2D eigenvalue weighted by molar-refractivity contribution is -0.132. The SMILES string of the molecule is CCOc1cc(C2/C(=C(\O)c3ccc4ccccc4c3)C(=O)C(=O)N2c2cccc3ccccc23)ccc1O. The summed E-state index contributed by atoms with van der Waals surface area (Å²) in [6, 6.07) is 30.1. The molecule has 2 N–H and O–H groups in total. The van der Waals surface area contributed by atoms with Crippen molar-refractivity contribution in [2.75, 3.05) is 11.5 Å². The molecule has 0 aliphatic carbocycles. The van der Waals surface area contributed by atoms with Crippen LogP contribution < -0.4 is 9.64 Å². The number of phenols is 1. The summed E-state index contributed by atoms with van der Waals surface area (Å²) in [6.45, 7) is 2.12. The Hall–Kier alpha value is -5.10. The summed E-state index contributed by atoms with van der Waals surface area (Å²) in [5.41, 5.74) is 1.46. The molecule has 1 saturated heterocycles. The second kappa shape index (κ2) is 9.65. The quantitative estimate of drug-likeness (QED) is 0.154. The van der Waals surface area contributed by atoms with Crippen molar-refractivity contribution in [2.45, 2.75) is 13.0 Å². The Kier molecular flexibility index (Phi) is 6.00. The molecule has 1 unspecified atom stereocenters. The third-order valence-corrected chi connectivity index (χ3v) is 7.09. The molecule has 1 amide bonds. The van der Waals surface area contributed by atoms with E-state index >= 15 is 0 Å². The number of fused-ring (bicyclic) bond motifs is 2. The highest BCUT2D eigenvalue weighted by Crippen LogP contribution is 2.45. The molecule has 0 radical (unpaired) electrons. The summed E-state index contributed by atoms with van der Waals surface area (Å²) < 4.78 is 5.61. The Labute approximate surface area is 225 Å².